The molecule has 6 nitrogen and oxygen atoms in total. The van der Waals surface area contributed by atoms with Crippen LogP contribution in [0.2, 0.25) is 0 Å². The van der Waals surface area contributed by atoms with Crippen LogP contribution in [0.25, 0.3) is 0 Å². The van der Waals surface area contributed by atoms with Gasteiger partial charge < -0.3 is 20.4 Å². The van der Waals surface area contributed by atoms with Gasteiger partial charge in [-0.15, -0.1) is 0 Å². The van der Waals surface area contributed by atoms with E-state index in [-0.39, 0.29) is 30.5 Å². The highest BCUT2D eigenvalue weighted by Gasteiger charge is 2.73. The summed E-state index contributed by atoms with van der Waals surface area (Å²) in [6.07, 6.45) is 3.62. The summed E-state index contributed by atoms with van der Waals surface area (Å²) in [6.45, 7) is 3.04. The monoisotopic (exact) mass is 378 g/mol. The number of aliphatic hydroxyl groups is 4. The average molecular weight is 378 g/mol. The van der Waals surface area contributed by atoms with Crippen molar-refractivity contribution in [2.75, 3.05) is 6.61 Å². The van der Waals surface area contributed by atoms with Gasteiger partial charge in [0.05, 0.1) is 6.10 Å². The first kappa shape index (κ1) is 19.2. The minimum Gasteiger partial charge on any atom is -0.390 e. The zero-order chi connectivity index (χ0) is 19.8. The highest BCUT2D eigenvalue weighted by molar-refractivity contribution is 5.92. The molecular weight excluding hydrogens is 348 g/mol. The highest BCUT2D eigenvalue weighted by atomic mass is 16.3. The highest BCUT2D eigenvalue weighted by Crippen LogP contribution is 2.69. The second kappa shape index (κ2) is 5.72. The fourth-order valence-corrected chi connectivity index (χ4v) is 7.21. The van der Waals surface area contributed by atoms with Crippen molar-refractivity contribution in [2.45, 2.75) is 76.1 Å². The molecular formula is C21H30O6. The van der Waals surface area contributed by atoms with E-state index in [0.717, 1.165) is 5.57 Å². The number of Topliss-reactive ketones (excluding diaryl/α,β-unsaturated/α-hetero) is 1. The SMILES string of the molecule is C[C@]12CCC(=O)C=C1CC[C@H]1[C@H]3CC[C@](O)(C(=O)CO)[C@]3(C)C[C@@H](O)[C@@]12O. The molecule has 0 radical (unpaired) electrons. The van der Waals surface area contributed by atoms with Crippen LogP contribution in [0.5, 0.6) is 0 Å². The molecule has 0 amide bonds. The molecule has 0 aliphatic heterocycles. The van der Waals surface area contributed by atoms with E-state index in [1.165, 1.54) is 0 Å². The summed E-state index contributed by atoms with van der Waals surface area (Å²) in [5.74, 6) is -0.913. The van der Waals surface area contributed by atoms with Crippen molar-refractivity contribution in [1.82, 2.24) is 0 Å². The summed E-state index contributed by atoms with van der Waals surface area (Å²) in [5, 5.41) is 43.6. The Hall–Kier alpha value is -1.08. The van der Waals surface area contributed by atoms with E-state index < -0.39 is 40.5 Å². The van der Waals surface area contributed by atoms with Crippen LogP contribution < -0.4 is 0 Å². The molecule has 0 aromatic carbocycles. The van der Waals surface area contributed by atoms with Crippen molar-refractivity contribution >= 4 is 11.6 Å². The third kappa shape index (κ3) is 2.10. The normalized spacial score (nSPS) is 51.9. The van der Waals surface area contributed by atoms with E-state index in [1.54, 1.807) is 6.08 Å². The molecule has 4 aliphatic rings. The van der Waals surface area contributed by atoms with Crippen LogP contribution in [-0.2, 0) is 9.59 Å². The van der Waals surface area contributed by atoms with Crippen LogP contribution in [0.1, 0.15) is 58.8 Å². The molecule has 3 fully saturated rings. The van der Waals surface area contributed by atoms with Gasteiger partial charge in [-0.3, -0.25) is 9.59 Å². The molecule has 0 aromatic rings. The van der Waals surface area contributed by atoms with Gasteiger partial charge in [-0.2, -0.15) is 0 Å². The van der Waals surface area contributed by atoms with Crippen LogP contribution in [0.4, 0.5) is 0 Å². The predicted molar refractivity (Wildman–Crippen MR) is 96.6 cm³/mol. The van der Waals surface area contributed by atoms with Crippen LogP contribution in [0, 0.1) is 22.7 Å². The zero-order valence-electron chi connectivity index (χ0n) is 16.1. The van der Waals surface area contributed by atoms with Gasteiger partial charge in [0.15, 0.2) is 11.6 Å². The van der Waals surface area contributed by atoms with Gasteiger partial charge in [0.25, 0.3) is 0 Å². The van der Waals surface area contributed by atoms with Gasteiger partial charge >= 0.3 is 0 Å². The van der Waals surface area contributed by atoms with E-state index in [4.69, 9.17) is 0 Å². The van der Waals surface area contributed by atoms with E-state index in [1.807, 2.05) is 13.8 Å². The Balaban J connectivity index is 1.80. The summed E-state index contributed by atoms with van der Waals surface area (Å²) in [4.78, 5) is 24.3. The molecule has 0 spiro atoms. The largest absolute Gasteiger partial charge is 0.390 e. The Morgan fingerprint density at radius 3 is 2.52 bits per heavy atom. The number of fused-ring (bicyclic) bond motifs is 5. The maximum atomic E-state index is 12.4. The average Bonchev–Trinajstić information content (AvgIpc) is 2.88. The number of ketones is 2. The Labute approximate surface area is 159 Å². The third-order valence-electron chi connectivity index (χ3n) is 8.89. The molecule has 7 atom stereocenters. The van der Waals surface area contributed by atoms with Crippen LogP contribution >= 0.6 is 0 Å². The standard InChI is InChI=1S/C21H30O6/c1-18-7-5-13(23)9-12(18)3-4-15-14-6-8-20(26,17(25)11-22)19(14,2)10-16(24)21(15,18)27/h9,14-16,22,24,26-27H,3-8,10-11H2,1-2H3/t14-,15+,16-,18+,19-,20+,21+/m1/s1. The van der Waals surface area contributed by atoms with Gasteiger partial charge in [0, 0.05) is 17.3 Å². The van der Waals surface area contributed by atoms with Crippen molar-refractivity contribution in [3.8, 4) is 0 Å². The van der Waals surface area contributed by atoms with Gasteiger partial charge in [-0.1, -0.05) is 19.4 Å². The number of hydrogen-bond donors (Lipinski definition) is 4. The summed E-state index contributed by atoms with van der Waals surface area (Å²) in [7, 11) is 0. The molecule has 27 heavy (non-hydrogen) atoms. The molecule has 0 aromatic heterocycles. The molecule has 3 saturated carbocycles. The number of aliphatic hydroxyl groups excluding tert-OH is 2. The van der Waals surface area contributed by atoms with Crippen molar-refractivity contribution in [1.29, 1.82) is 0 Å². The lowest BCUT2D eigenvalue weighted by Gasteiger charge is -2.64. The Morgan fingerprint density at radius 2 is 1.85 bits per heavy atom. The maximum absolute atomic E-state index is 12.4. The summed E-state index contributed by atoms with van der Waals surface area (Å²) >= 11 is 0. The summed E-state index contributed by atoms with van der Waals surface area (Å²) < 4.78 is 0. The molecule has 150 valence electrons. The van der Waals surface area contributed by atoms with Gasteiger partial charge in [-0.25, -0.2) is 0 Å². The molecule has 4 N–H and O–H groups in total. The Bertz CT molecular complexity index is 730. The van der Waals surface area contributed by atoms with Crippen molar-refractivity contribution < 1.29 is 30.0 Å². The predicted octanol–water partition coefficient (Wildman–Crippen LogP) is 0.896. The summed E-state index contributed by atoms with van der Waals surface area (Å²) in [6, 6.07) is 0. The molecule has 6 heteroatoms. The number of carbonyl (C=O) groups is 2. The second-order valence-electron chi connectivity index (χ2n) is 9.66. The minimum atomic E-state index is -1.67. The first-order valence-corrected chi connectivity index (χ1v) is 10.1. The smallest absolute Gasteiger partial charge is 0.190 e. The fraction of sp³-hybridized carbons (Fsp3) is 0.810. The maximum Gasteiger partial charge on any atom is 0.190 e. The van der Waals surface area contributed by atoms with Crippen molar-refractivity contribution in [3.63, 3.8) is 0 Å². The number of rotatable bonds is 2. The lowest BCUT2D eigenvalue weighted by molar-refractivity contribution is -0.258. The zero-order valence-corrected chi connectivity index (χ0v) is 16.1. The fourth-order valence-electron chi connectivity index (χ4n) is 7.21. The van der Waals surface area contributed by atoms with Crippen LogP contribution in [0.3, 0.4) is 0 Å². The lowest BCUT2D eigenvalue weighted by Crippen LogP contribution is -2.71. The first-order valence-electron chi connectivity index (χ1n) is 10.1. The molecule has 0 bridgehead atoms. The molecule has 0 saturated heterocycles. The minimum absolute atomic E-state index is 0.0726. The van der Waals surface area contributed by atoms with E-state index in [2.05, 4.69) is 0 Å². The van der Waals surface area contributed by atoms with Crippen LogP contribution in [-0.4, -0.2) is 55.9 Å². The van der Waals surface area contributed by atoms with Gasteiger partial charge in [0.1, 0.15) is 17.8 Å². The number of carbonyl (C=O) groups excluding carboxylic acids is 2. The van der Waals surface area contributed by atoms with Crippen LogP contribution in [0.15, 0.2) is 11.6 Å². The third-order valence-corrected chi connectivity index (χ3v) is 8.89. The molecule has 4 rings (SSSR count). The number of hydrogen-bond acceptors (Lipinski definition) is 6. The first-order chi connectivity index (χ1) is 12.5. The Kier molecular flexibility index (Phi) is 4.08. The summed E-state index contributed by atoms with van der Waals surface area (Å²) in [5.41, 5.74) is -3.69. The van der Waals surface area contributed by atoms with Gasteiger partial charge in [-0.05, 0) is 56.4 Å². The Morgan fingerprint density at radius 1 is 1.15 bits per heavy atom. The van der Waals surface area contributed by atoms with Crippen molar-refractivity contribution in [3.05, 3.63) is 11.6 Å². The molecule has 0 heterocycles. The van der Waals surface area contributed by atoms with E-state index in [0.29, 0.717) is 32.1 Å². The quantitative estimate of drug-likeness (QED) is 0.567. The molecule has 4 aliphatic carbocycles. The van der Waals surface area contributed by atoms with Gasteiger partial charge in [0.2, 0.25) is 0 Å². The van der Waals surface area contributed by atoms with Crippen molar-refractivity contribution in [2.24, 2.45) is 22.7 Å². The lowest BCUT2D eigenvalue weighted by atomic mass is 9.43. The second-order valence-corrected chi connectivity index (χ2v) is 9.66. The topological polar surface area (TPSA) is 115 Å². The molecule has 0 unspecified atom stereocenters. The van der Waals surface area contributed by atoms with E-state index >= 15 is 0 Å². The van der Waals surface area contributed by atoms with E-state index in [9.17, 15) is 30.0 Å².